The number of benzene rings is 8. The largest absolute Gasteiger partial charge is 0.309 e. The molecule has 0 bridgehead atoms. The fourth-order valence-electron chi connectivity index (χ4n) is 7.97. The van der Waals surface area contributed by atoms with Crippen molar-refractivity contribution in [2.24, 2.45) is 0 Å². The number of hydrogen-bond donors (Lipinski definition) is 0. The van der Waals surface area contributed by atoms with Crippen molar-refractivity contribution in [1.82, 2.24) is 14.5 Å². The lowest BCUT2D eigenvalue weighted by molar-refractivity contribution is 1.17. The molecular formula is C50H31N3S. The fraction of sp³-hybridized carbons (Fsp3) is 0. The summed E-state index contributed by atoms with van der Waals surface area (Å²) in [5, 5.41) is 6.16. The van der Waals surface area contributed by atoms with E-state index in [1.807, 2.05) is 23.5 Å². The van der Waals surface area contributed by atoms with Crippen LogP contribution < -0.4 is 0 Å². The highest BCUT2D eigenvalue weighted by Crippen LogP contribution is 2.39. The topological polar surface area (TPSA) is 30.7 Å². The Balaban J connectivity index is 0.984. The first kappa shape index (κ1) is 30.7. The molecule has 0 aliphatic heterocycles. The molecule has 4 heteroatoms. The number of thiophene rings is 1. The van der Waals surface area contributed by atoms with Crippen molar-refractivity contribution in [2.45, 2.75) is 0 Å². The maximum absolute atomic E-state index is 5.19. The molecule has 3 heterocycles. The van der Waals surface area contributed by atoms with Crippen LogP contribution in [0.25, 0.3) is 103 Å². The van der Waals surface area contributed by atoms with Gasteiger partial charge in [-0.15, -0.1) is 11.3 Å². The molecule has 0 spiro atoms. The summed E-state index contributed by atoms with van der Waals surface area (Å²) in [6.07, 6.45) is 0. The first-order valence-corrected chi connectivity index (χ1v) is 19.1. The lowest BCUT2D eigenvalue weighted by atomic mass is 10.0. The van der Waals surface area contributed by atoms with Crippen LogP contribution in [0.5, 0.6) is 0 Å². The van der Waals surface area contributed by atoms with Gasteiger partial charge in [0.1, 0.15) is 0 Å². The molecule has 0 aliphatic carbocycles. The van der Waals surface area contributed by atoms with Crippen molar-refractivity contribution in [3.8, 4) is 50.6 Å². The molecule has 0 N–H and O–H groups in total. The normalized spacial score (nSPS) is 11.7. The Bertz CT molecular complexity index is 3190. The predicted octanol–water partition coefficient (Wildman–Crippen LogP) is 13.8. The molecule has 0 saturated carbocycles. The smallest absolute Gasteiger partial charge is 0.160 e. The quantitative estimate of drug-likeness (QED) is 0.178. The van der Waals surface area contributed by atoms with E-state index >= 15 is 0 Å². The summed E-state index contributed by atoms with van der Waals surface area (Å²) >= 11 is 1.86. The van der Waals surface area contributed by atoms with Gasteiger partial charge in [0.05, 0.1) is 22.2 Å². The van der Waals surface area contributed by atoms with Gasteiger partial charge in [-0.1, -0.05) is 121 Å². The van der Waals surface area contributed by atoms with Gasteiger partial charge in [-0.2, -0.15) is 0 Å². The summed E-state index contributed by atoms with van der Waals surface area (Å²) < 4.78 is 5.02. The maximum Gasteiger partial charge on any atom is 0.160 e. The number of aromatic nitrogens is 3. The Morgan fingerprint density at radius 1 is 0.352 bits per heavy atom. The van der Waals surface area contributed by atoms with E-state index in [0.29, 0.717) is 5.82 Å². The number of rotatable bonds is 5. The standard InChI is InChI=1S/C50H31N3S/c1-2-10-32(11-3-1)33-18-20-34(21-19-33)49-41-14-4-7-15-44(41)51-50(52-49)35-22-26-38(27-23-35)53-45-16-8-5-12-39(45)42-30-36(24-28-46(42)53)37-25-29-48-43(31-37)40-13-6-9-17-47(40)54-48/h1-31H. The lowest BCUT2D eigenvalue weighted by Crippen LogP contribution is -1.97. The molecule has 0 fully saturated rings. The van der Waals surface area contributed by atoms with Crippen molar-refractivity contribution in [3.05, 3.63) is 188 Å². The minimum Gasteiger partial charge on any atom is -0.309 e. The Morgan fingerprint density at radius 2 is 0.926 bits per heavy atom. The third kappa shape index (κ3) is 5.03. The van der Waals surface area contributed by atoms with Crippen molar-refractivity contribution in [3.63, 3.8) is 0 Å². The molecular weight excluding hydrogens is 675 g/mol. The monoisotopic (exact) mass is 705 g/mol. The van der Waals surface area contributed by atoms with E-state index in [1.165, 1.54) is 64.2 Å². The van der Waals surface area contributed by atoms with Gasteiger partial charge < -0.3 is 4.57 Å². The van der Waals surface area contributed by atoms with Crippen LogP contribution in [0.4, 0.5) is 0 Å². The molecule has 0 atom stereocenters. The Labute approximate surface area is 316 Å². The average molecular weight is 706 g/mol. The zero-order chi connectivity index (χ0) is 35.6. The Hall–Kier alpha value is -6.88. The van der Waals surface area contributed by atoms with Gasteiger partial charge >= 0.3 is 0 Å². The van der Waals surface area contributed by atoms with Crippen molar-refractivity contribution < 1.29 is 0 Å². The van der Waals surface area contributed by atoms with Crippen LogP contribution in [0.3, 0.4) is 0 Å². The summed E-state index contributed by atoms with van der Waals surface area (Å²) in [7, 11) is 0. The van der Waals surface area contributed by atoms with E-state index in [9.17, 15) is 0 Å². The molecule has 0 saturated heterocycles. The summed E-state index contributed by atoms with van der Waals surface area (Å²) in [6, 6.07) is 67.3. The van der Waals surface area contributed by atoms with Crippen LogP contribution in [0.1, 0.15) is 0 Å². The van der Waals surface area contributed by atoms with E-state index in [2.05, 4.69) is 180 Å². The van der Waals surface area contributed by atoms with Gasteiger partial charge in [-0.05, 0) is 89.0 Å². The van der Waals surface area contributed by atoms with Crippen LogP contribution in [0, 0.1) is 0 Å². The Kier molecular flexibility index (Phi) is 7.04. The third-order valence-corrected chi connectivity index (χ3v) is 11.8. The average Bonchev–Trinajstić information content (AvgIpc) is 3.79. The summed E-state index contributed by atoms with van der Waals surface area (Å²) in [5.41, 5.74) is 12.2. The van der Waals surface area contributed by atoms with Crippen LogP contribution >= 0.6 is 11.3 Å². The van der Waals surface area contributed by atoms with Gasteiger partial charge in [0.25, 0.3) is 0 Å². The van der Waals surface area contributed by atoms with Crippen LogP contribution in [-0.2, 0) is 0 Å². The Morgan fingerprint density at radius 3 is 1.76 bits per heavy atom. The van der Waals surface area contributed by atoms with E-state index in [0.717, 1.165) is 33.4 Å². The SMILES string of the molecule is c1ccc(-c2ccc(-c3nc(-c4ccc(-n5c6ccccc6c6cc(-c7ccc8sc9ccccc9c8c7)ccc65)cc4)nc4ccccc34)cc2)cc1. The molecule has 3 aromatic heterocycles. The van der Waals surface area contributed by atoms with Gasteiger partial charge in [-0.25, -0.2) is 9.97 Å². The molecule has 8 aromatic carbocycles. The predicted molar refractivity (Wildman–Crippen MR) is 229 cm³/mol. The van der Waals surface area contributed by atoms with Crippen LogP contribution in [0.2, 0.25) is 0 Å². The molecule has 0 unspecified atom stereocenters. The van der Waals surface area contributed by atoms with Gasteiger partial charge in [0.15, 0.2) is 5.82 Å². The van der Waals surface area contributed by atoms with Crippen LogP contribution in [-0.4, -0.2) is 14.5 Å². The number of nitrogens with zero attached hydrogens (tertiary/aromatic N) is 3. The maximum atomic E-state index is 5.19. The minimum absolute atomic E-state index is 0.713. The highest BCUT2D eigenvalue weighted by atomic mass is 32.1. The second-order valence-electron chi connectivity index (χ2n) is 13.8. The first-order valence-electron chi connectivity index (χ1n) is 18.2. The number of fused-ring (bicyclic) bond motifs is 7. The summed E-state index contributed by atoms with van der Waals surface area (Å²) in [5.74, 6) is 0.713. The van der Waals surface area contributed by atoms with E-state index < -0.39 is 0 Å². The van der Waals surface area contributed by atoms with E-state index in [1.54, 1.807) is 0 Å². The van der Waals surface area contributed by atoms with Crippen LogP contribution in [0.15, 0.2) is 188 Å². The van der Waals surface area contributed by atoms with Gasteiger partial charge in [0, 0.05) is 53.1 Å². The molecule has 0 amide bonds. The molecule has 54 heavy (non-hydrogen) atoms. The van der Waals surface area contributed by atoms with E-state index in [4.69, 9.17) is 9.97 Å². The number of hydrogen-bond acceptors (Lipinski definition) is 3. The fourth-order valence-corrected chi connectivity index (χ4v) is 9.06. The summed E-state index contributed by atoms with van der Waals surface area (Å²) in [6.45, 7) is 0. The third-order valence-electron chi connectivity index (χ3n) is 10.6. The van der Waals surface area contributed by atoms with Crippen molar-refractivity contribution in [1.29, 1.82) is 0 Å². The van der Waals surface area contributed by atoms with Crippen molar-refractivity contribution >= 4 is 64.2 Å². The summed E-state index contributed by atoms with van der Waals surface area (Å²) in [4.78, 5) is 10.2. The molecule has 3 nitrogen and oxygen atoms in total. The highest BCUT2D eigenvalue weighted by Gasteiger charge is 2.16. The second kappa shape index (κ2) is 12.4. The molecule has 11 aromatic rings. The zero-order valence-corrected chi connectivity index (χ0v) is 30.0. The molecule has 11 rings (SSSR count). The van der Waals surface area contributed by atoms with Gasteiger partial charge in [0.2, 0.25) is 0 Å². The van der Waals surface area contributed by atoms with Gasteiger partial charge in [-0.3, -0.25) is 0 Å². The highest BCUT2D eigenvalue weighted by molar-refractivity contribution is 7.25. The first-order chi connectivity index (χ1) is 26.7. The molecule has 0 radical (unpaired) electrons. The lowest BCUT2D eigenvalue weighted by Gasteiger charge is -2.12. The minimum atomic E-state index is 0.713. The van der Waals surface area contributed by atoms with Crippen molar-refractivity contribution in [2.75, 3.05) is 0 Å². The van der Waals surface area contributed by atoms with E-state index in [-0.39, 0.29) is 0 Å². The molecule has 0 aliphatic rings. The zero-order valence-electron chi connectivity index (χ0n) is 29.1. The second-order valence-corrected chi connectivity index (χ2v) is 14.9. The number of para-hydroxylation sites is 2. The molecule has 252 valence electrons.